The minimum Gasteiger partial charge on any atom is -0.377 e. The van der Waals surface area contributed by atoms with E-state index < -0.39 is 0 Å². The molecule has 1 saturated heterocycles. The van der Waals surface area contributed by atoms with Gasteiger partial charge < -0.3 is 15.4 Å². The van der Waals surface area contributed by atoms with Crippen LogP contribution in [0.1, 0.15) is 39.0 Å². The van der Waals surface area contributed by atoms with Crippen molar-refractivity contribution in [3.8, 4) is 0 Å². The molecule has 104 valence electrons. The van der Waals surface area contributed by atoms with E-state index in [2.05, 4.69) is 0 Å². The summed E-state index contributed by atoms with van der Waals surface area (Å²) < 4.78 is 5.66. The number of nitrogens with two attached hydrogens (primary N) is 1. The summed E-state index contributed by atoms with van der Waals surface area (Å²) in [4.78, 5) is 14.6. The molecular formula is C14H26N2O2. The van der Waals surface area contributed by atoms with Crippen molar-refractivity contribution >= 4 is 5.91 Å². The predicted octanol–water partition coefficient (Wildman–Crippen LogP) is 1.39. The van der Waals surface area contributed by atoms with E-state index >= 15 is 0 Å². The maximum Gasteiger partial charge on any atom is 0.226 e. The molecule has 1 aliphatic carbocycles. The highest BCUT2D eigenvalue weighted by Gasteiger charge is 2.36. The van der Waals surface area contributed by atoms with Crippen LogP contribution in [0.3, 0.4) is 0 Å². The molecule has 3 unspecified atom stereocenters. The van der Waals surface area contributed by atoms with Crippen LogP contribution in [-0.4, -0.2) is 43.2 Å². The van der Waals surface area contributed by atoms with Gasteiger partial charge in [0.05, 0.1) is 6.10 Å². The highest BCUT2D eigenvalue weighted by atomic mass is 16.5. The lowest BCUT2D eigenvalue weighted by atomic mass is 9.93. The highest BCUT2D eigenvalue weighted by molar-refractivity contribution is 5.79. The summed E-state index contributed by atoms with van der Waals surface area (Å²) >= 11 is 0. The van der Waals surface area contributed by atoms with Crippen LogP contribution in [-0.2, 0) is 9.53 Å². The number of piperidine rings is 1. The summed E-state index contributed by atoms with van der Waals surface area (Å²) in [6, 6.07) is 0. The highest BCUT2D eigenvalue weighted by Crippen LogP contribution is 2.33. The first kappa shape index (κ1) is 13.8. The fourth-order valence-corrected chi connectivity index (χ4v) is 3.39. The number of ether oxygens (including phenoxy) is 1. The van der Waals surface area contributed by atoms with Crippen LogP contribution in [0.25, 0.3) is 0 Å². The first-order chi connectivity index (χ1) is 8.76. The number of likely N-dealkylation sites (tertiary alicyclic amines) is 1. The van der Waals surface area contributed by atoms with E-state index in [1.54, 1.807) is 0 Å². The lowest BCUT2D eigenvalue weighted by molar-refractivity contribution is -0.140. The summed E-state index contributed by atoms with van der Waals surface area (Å²) in [5, 5.41) is 0. The molecule has 0 spiro atoms. The van der Waals surface area contributed by atoms with E-state index in [1.807, 2.05) is 11.8 Å². The standard InChI is InChI=1S/C14H26N2O2/c1-2-18-12-6-4-8-16(10-12)14(17)13-7-3-5-11(13)9-15/h11-13H,2-10,15H2,1H3. The predicted molar refractivity (Wildman–Crippen MR) is 71.1 cm³/mol. The monoisotopic (exact) mass is 254 g/mol. The van der Waals surface area contributed by atoms with Gasteiger partial charge in [0.15, 0.2) is 0 Å². The largest absolute Gasteiger partial charge is 0.377 e. The average molecular weight is 254 g/mol. The first-order valence-corrected chi connectivity index (χ1v) is 7.36. The van der Waals surface area contributed by atoms with Crippen LogP contribution >= 0.6 is 0 Å². The van der Waals surface area contributed by atoms with Crippen LogP contribution in [0.4, 0.5) is 0 Å². The molecule has 2 aliphatic rings. The molecule has 0 bridgehead atoms. The van der Waals surface area contributed by atoms with Gasteiger partial charge in [-0.25, -0.2) is 0 Å². The average Bonchev–Trinajstić information content (AvgIpc) is 2.87. The van der Waals surface area contributed by atoms with E-state index in [1.165, 1.54) is 0 Å². The maximum absolute atomic E-state index is 12.5. The number of amides is 1. The zero-order valence-electron chi connectivity index (χ0n) is 11.4. The molecule has 0 aromatic rings. The van der Waals surface area contributed by atoms with Crippen molar-refractivity contribution in [3.05, 3.63) is 0 Å². The normalized spacial score (nSPS) is 32.8. The zero-order valence-corrected chi connectivity index (χ0v) is 11.4. The van der Waals surface area contributed by atoms with Crippen molar-refractivity contribution in [2.24, 2.45) is 17.6 Å². The molecule has 1 amide bonds. The third-order valence-electron chi connectivity index (χ3n) is 4.37. The molecule has 0 radical (unpaired) electrons. The van der Waals surface area contributed by atoms with Gasteiger partial charge in [0.1, 0.15) is 0 Å². The Labute approximate surface area is 110 Å². The number of hydrogen-bond donors (Lipinski definition) is 1. The Hall–Kier alpha value is -0.610. The zero-order chi connectivity index (χ0) is 13.0. The molecule has 1 saturated carbocycles. The minimum atomic E-state index is 0.176. The Balaban J connectivity index is 1.91. The van der Waals surface area contributed by atoms with Gasteiger partial charge in [0.25, 0.3) is 0 Å². The van der Waals surface area contributed by atoms with E-state index in [4.69, 9.17) is 10.5 Å². The number of carbonyl (C=O) groups is 1. The second-order valence-corrected chi connectivity index (χ2v) is 5.54. The van der Waals surface area contributed by atoms with Crippen molar-refractivity contribution in [1.82, 2.24) is 4.90 Å². The first-order valence-electron chi connectivity index (χ1n) is 7.36. The van der Waals surface area contributed by atoms with E-state index in [-0.39, 0.29) is 12.0 Å². The third kappa shape index (κ3) is 3.04. The van der Waals surface area contributed by atoms with Gasteiger partial charge in [-0.15, -0.1) is 0 Å². The summed E-state index contributed by atoms with van der Waals surface area (Å²) in [6.07, 6.45) is 5.69. The number of carbonyl (C=O) groups excluding carboxylic acids is 1. The molecule has 4 nitrogen and oxygen atoms in total. The van der Waals surface area contributed by atoms with Gasteiger partial charge in [-0.2, -0.15) is 0 Å². The summed E-state index contributed by atoms with van der Waals surface area (Å²) in [5.74, 6) is 0.910. The van der Waals surface area contributed by atoms with Crippen molar-refractivity contribution in [2.45, 2.75) is 45.1 Å². The molecule has 3 atom stereocenters. The number of nitrogens with zero attached hydrogens (tertiary/aromatic N) is 1. The van der Waals surface area contributed by atoms with Gasteiger partial charge in [-0.05, 0) is 45.1 Å². The Morgan fingerprint density at radius 3 is 2.89 bits per heavy atom. The second kappa shape index (κ2) is 6.53. The van der Waals surface area contributed by atoms with E-state index in [9.17, 15) is 4.79 Å². The Morgan fingerprint density at radius 2 is 2.17 bits per heavy atom. The van der Waals surface area contributed by atoms with Crippen LogP contribution in [0.2, 0.25) is 0 Å². The fourth-order valence-electron chi connectivity index (χ4n) is 3.39. The molecule has 2 N–H and O–H groups in total. The lowest BCUT2D eigenvalue weighted by Gasteiger charge is -2.35. The molecule has 1 heterocycles. The third-order valence-corrected chi connectivity index (χ3v) is 4.37. The topological polar surface area (TPSA) is 55.6 Å². The Bertz CT molecular complexity index is 281. The quantitative estimate of drug-likeness (QED) is 0.825. The van der Waals surface area contributed by atoms with Gasteiger partial charge in [-0.3, -0.25) is 4.79 Å². The van der Waals surface area contributed by atoms with Crippen molar-refractivity contribution in [3.63, 3.8) is 0 Å². The molecule has 0 aromatic heterocycles. The van der Waals surface area contributed by atoms with Crippen LogP contribution < -0.4 is 5.73 Å². The minimum absolute atomic E-state index is 0.176. The maximum atomic E-state index is 12.5. The van der Waals surface area contributed by atoms with Gasteiger partial charge in [0, 0.05) is 25.6 Å². The summed E-state index contributed by atoms with van der Waals surface area (Å²) in [6.45, 7) is 5.08. The van der Waals surface area contributed by atoms with Crippen molar-refractivity contribution in [2.75, 3.05) is 26.2 Å². The molecule has 2 rings (SSSR count). The van der Waals surface area contributed by atoms with Crippen molar-refractivity contribution in [1.29, 1.82) is 0 Å². The smallest absolute Gasteiger partial charge is 0.226 e. The molecular weight excluding hydrogens is 228 g/mol. The lowest BCUT2D eigenvalue weighted by Crippen LogP contribution is -2.46. The molecule has 18 heavy (non-hydrogen) atoms. The van der Waals surface area contributed by atoms with E-state index in [0.29, 0.717) is 18.4 Å². The van der Waals surface area contributed by atoms with Gasteiger partial charge in [-0.1, -0.05) is 6.42 Å². The molecule has 0 aromatic carbocycles. The summed E-state index contributed by atoms with van der Waals surface area (Å²) in [5.41, 5.74) is 5.77. The second-order valence-electron chi connectivity index (χ2n) is 5.54. The van der Waals surface area contributed by atoms with Gasteiger partial charge in [0.2, 0.25) is 5.91 Å². The SMILES string of the molecule is CCOC1CCCN(C(=O)C2CCCC2CN)C1. The van der Waals surface area contributed by atoms with Gasteiger partial charge >= 0.3 is 0 Å². The Morgan fingerprint density at radius 1 is 1.33 bits per heavy atom. The van der Waals surface area contributed by atoms with Crippen LogP contribution in [0.5, 0.6) is 0 Å². The molecule has 1 aliphatic heterocycles. The molecule has 2 fully saturated rings. The Kier molecular flexibility index (Phi) is 5.01. The fraction of sp³-hybridized carbons (Fsp3) is 0.929. The van der Waals surface area contributed by atoms with Crippen LogP contribution in [0, 0.1) is 11.8 Å². The number of hydrogen-bond acceptors (Lipinski definition) is 3. The van der Waals surface area contributed by atoms with Crippen LogP contribution in [0.15, 0.2) is 0 Å². The molecule has 4 heteroatoms. The summed E-state index contributed by atoms with van der Waals surface area (Å²) in [7, 11) is 0. The van der Waals surface area contributed by atoms with E-state index in [0.717, 1.165) is 51.8 Å². The van der Waals surface area contributed by atoms with Crippen molar-refractivity contribution < 1.29 is 9.53 Å². The number of rotatable bonds is 4.